The molecule has 1 saturated heterocycles. The first-order valence-electron chi connectivity index (χ1n) is 25.9. The highest BCUT2D eigenvalue weighted by Gasteiger charge is 2.68. The Morgan fingerprint density at radius 2 is 1.51 bits per heavy atom. The Hall–Kier alpha value is -6.27. The molecule has 3 aliphatic carbocycles. The lowest BCUT2D eigenvalue weighted by Crippen LogP contribution is -2.65. The fourth-order valence-corrected chi connectivity index (χ4v) is 11.2. The van der Waals surface area contributed by atoms with Gasteiger partial charge in [0.1, 0.15) is 42.8 Å². The van der Waals surface area contributed by atoms with E-state index in [1.807, 2.05) is 31.2 Å². The maximum atomic E-state index is 14.6. The summed E-state index contributed by atoms with van der Waals surface area (Å²) < 4.78 is 25.5. The predicted octanol–water partition coefficient (Wildman–Crippen LogP) is 5.29. The van der Waals surface area contributed by atoms with Crippen LogP contribution in [0.5, 0.6) is 11.5 Å². The predicted molar refractivity (Wildman–Crippen MR) is 280 cm³/mol. The number of likely N-dealkylation sites (N-methyl/N-ethyl adjacent to an activating group) is 1. The molecule has 4 unspecified atom stereocenters. The lowest BCUT2D eigenvalue weighted by Gasteiger charge is -2.64. The number of nitrogens with one attached hydrogen (secondary N) is 4. The second-order valence-corrected chi connectivity index (χ2v) is 21.0. The van der Waals surface area contributed by atoms with Crippen molar-refractivity contribution in [2.45, 2.75) is 116 Å². The second kappa shape index (κ2) is 22.5. The first kappa shape index (κ1) is 53.0. The SMILES string of the molecule is CCCCc1ccc(-c2ccc(C(=O)NCC(=O)N(C)C3C(=O)N[C@@H](C)C(=O)NC(C(=O)N[C@@H](C)B4O[C@@H]5CC6CC(C6(C)C)[C@]5(C)O4)Cc4ccc(OCCN)c(c4)-c4cc3ccc4OCCN)cc2)cc1. The van der Waals surface area contributed by atoms with Gasteiger partial charge in [-0.2, -0.15) is 0 Å². The quantitative estimate of drug-likeness (QED) is 0.0746. The van der Waals surface area contributed by atoms with Crippen LogP contribution in [0.3, 0.4) is 0 Å². The number of unbranched alkanes of at least 4 members (excludes halogenated alkanes) is 1. The summed E-state index contributed by atoms with van der Waals surface area (Å²) in [5.74, 6) is -1.68. The molecule has 0 aromatic heterocycles. The Labute approximate surface area is 429 Å². The molecular formula is C56H72BN7O9. The maximum absolute atomic E-state index is 14.6. The zero-order valence-corrected chi connectivity index (χ0v) is 43.3. The first-order chi connectivity index (χ1) is 34.9. The number of hydrogen-bond acceptors (Lipinski definition) is 11. The number of ether oxygens (including phenoxy) is 2. The molecule has 16 nitrogen and oxygen atoms in total. The molecule has 8 atom stereocenters. The Balaban J connectivity index is 1.05. The number of carbonyl (C=O) groups is 5. The van der Waals surface area contributed by atoms with Gasteiger partial charge >= 0.3 is 7.12 Å². The number of rotatable bonds is 17. The van der Waals surface area contributed by atoms with Crippen molar-refractivity contribution >= 4 is 36.7 Å². The van der Waals surface area contributed by atoms with Gasteiger partial charge in [-0.3, -0.25) is 24.0 Å². The summed E-state index contributed by atoms with van der Waals surface area (Å²) in [6, 6.07) is 22.5. The first-order valence-corrected chi connectivity index (χ1v) is 25.9. The minimum absolute atomic E-state index is 0.0567. The average molecular weight is 998 g/mol. The van der Waals surface area contributed by atoms with Crippen LogP contribution in [0.2, 0.25) is 0 Å². The van der Waals surface area contributed by atoms with Crippen molar-refractivity contribution in [2.75, 3.05) is 39.9 Å². The standard InChI is InChI=1S/C56H72BN7O9/c1-8-9-10-35-11-14-37(15-12-35)38-16-18-39(19-17-38)52(67)60-32-49(65)64(7)50-40-20-22-46(71-26-24-59)43(29-40)42-27-36(13-21-45(42)70-25-23-58)28-44(63-51(66)33(2)61-54(50)69)53(68)62-34(3)57-72-48-31-41-30-47(55(41,4)5)56(48,6)73-57/h11-22,27,29,33-34,41,44,47-48,50H,8-10,23-26,28,30-32,58-59H2,1-7H3,(H,60,67)(H,61,69)(H,62,68)(H,63,66)/t33-,34-,41?,44?,47?,48+,50?,56-/m0/s1. The van der Waals surface area contributed by atoms with E-state index in [-0.39, 0.29) is 44.2 Å². The molecule has 6 bridgehead atoms. The Morgan fingerprint density at radius 1 is 0.863 bits per heavy atom. The van der Waals surface area contributed by atoms with E-state index < -0.39 is 72.9 Å². The third kappa shape index (κ3) is 11.3. The molecule has 2 aliphatic heterocycles. The van der Waals surface area contributed by atoms with Crippen molar-refractivity contribution in [1.29, 1.82) is 0 Å². The van der Waals surface area contributed by atoms with Crippen molar-refractivity contribution in [1.82, 2.24) is 26.2 Å². The van der Waals surface area contributed by atoms with E-state index in [9.17, 15) is 24.0 Å². The zero-order chi connectivity index (χ0) is 52.2. The number of fused-ring (bicyclic) bond motifs is 5. The van der Waals surface area contributed by atoms with Crippen LogP contribution in [0.15, 0.2) is 84.9 Å². The van der Waals surface area contributed by atoms with E-state index in [0.717, 1.165) is 43.2 Å². The van der Waals surface area contributed by atoms with E-state index in [4.69, 9.17) is 30.2 Å². The normalized spacial score (nSPS) is 24.4. The van der Waals surface area contributed by atoms with Crippen LogP contribution < -0.4 is 42.2 Å². The summed E-state index contributed by atoms with van der Waals surface area (Å²) in [7, 11) is 0.758. The van der Waals surface area contributed by atoms with Gasteiger partial charge in [0.05, 0.1) is 24.2 Å². The van der Waals surface area contributed by atoms with Crippen molar-refractivity contribution in [3.63, 3.8) is 0 Å². The molecule has 17 heteroatoms. The van der Waals surface area contributed by atoms with Crippen molar-refractivity contribution in [2.24, 2.45) is 28.7 Å². The largest absolute Gasteiger partial charge is 0.492 e. The molecule has 388 valence electrons. The Morgan fingerprint density at radius 3 is 2.15 bits per heavy atom. The molecule has 5 amide bonds. The molecule has 4 aromatic rings. The van der Waals surface area contributed by atoms with Gasteiger partial charge in [0.2, 0.25) is 23.6 Å². The van der Waals surface area contributed by atoms with Gasteiger partial charge in [0, 0.05) is 43.2 Å². The highest BCUT2D eigenvalue weighted by atomic mass is 16.7. The van der Waals surface area contributed by atoms with Gasteiger partial charge in [-0.05, 0) is 128 Å². The molecule has 73 heavy (non-hydrogen) atoms. The fourth-order valence-electron chi connectivity index (χ4n) is 11.2. The molecule has 5 aliphatic rings. The number of benzene rings is 4. The highest BCUT2D eigenvalue weighted by Crippen LogP contribution is 2.65. The lowest BCUT2D eigenvalue weighted by molar-refractivity contribution is -0.199. The van der Waals surface area contributed by atoms with E-state index in [0.29, 0.717) is 51.2 Å². The van der Waals surface area contributed by atoms with E-state index in [1.165, 1.54) is 24.4 Å². The van der Waals surface area contributed by atoms with Gasteiger partial charge in [-0.1, -0.05) is 75.7 Å². The summed E-state index contributed by atoms with van der Waals surface area (Å²) >= 11 is 0. The maximum Gasteiger partial charge on any atom is 0.481 e. The summed E-state index contributed by atoms with van der Waals surface area (Å²) in [6.45, 7) is 12.6. The van der Waals surface area contributed by atoms with Gasteiger partial charge in [0.15, 0.2) is 0 Å². The Kier molecular flexibility index (Phi) is 16.3. The number of nitrogens with zero attached hydrogens (tertiary/aromatic N) is 1. The molecule has 0 spiro atoms. The van der Waals surface area contributed by atoms with Crippen molar-refractivity contribution in [3.05, 3.63) is 107 Å². The zero-order valence-electron chi connectivity index (χ0n) is 43.3. The third-order valence-electron chi connectivity index (χ3n) is 15.7. The minimum atomic E-state index is -1.32. The average Bonchev–Trinajstić information content (AvgIpc) is 3.76. The van der Waals surface area contributed by atoms with Gasteiger partial charge in [-0.15, -0.1) is 0 Å². The molecule has 4 fully saturated rings. The summed E-state index contributed by atoms with van der Waals surface area (Å²) in [4.78, 5) is 72.1. The minimum Gasteiger partial charge on any atom is -0.492 e. The van der Waals surface area contributed by atoms with Crippen LogP contribution in [-0.4, -0.2) is 111 Å². The highest BCUT2D eigenvalue weighted by molar-refractivity contribution is 6.47. The van der Waals surface area contributed by atoms with Crippen molar-refractivity contribution in [3.8, 4) is 33.8 Å². The topological polar surface area (TPSA) is 226 Å². The molecule has 2 heterocycles. The Bertz CT molecular complexity index is 2670. The summed E-state index contributed by atoms with van der Waals surface area (Å²) in [6.07, 6.45) is 5.22. The number of nitrogens with two attached hydrogens (primary N) is 2. The summed E-state index contributed by atoms with van der Waals surface area (Å²) in [5.41, 5.74) is 17.2. The molecular weight excluding hydrogens is 925 g/mol. The van der Waals surface area contributed by atoms with E-state index >= 15 is 0 Å². The molecule has 8 N–H and O–H groups in total. The lowest BCUT2D eigenvalue weighted by atomic mass is 9.43. The molecule has 9 rings (SSSR count). The van der Waals surface area contributed by atoms with Crippen LogP contribution in [0.25, 0.3) is 22.3 Å². The van der Waals surface area contributed by atoms with Gasteiger partial charge in [0.25, 0.3) is 5.91 Å². The monoisotopic (exact) mass is 998 g/mol. The fraction of sp³-hybridized carbons (Fsp3) is 0.482. The number of carbonyl (C=O) groups excluding carboxylic acids is 5. The second-order valence-electron chi connectivity index (χ2n) is 21.0. The van der Waals surface area contributed by atoms with Crippen LogP contribution in [0, 0.1) is 17.3 Å². The smallest absolute Gasteiger partial charge is 0.481 e. The van der Waals surface area contributed by atoms with Crippen LogP contribution in [0.4, 0.5) is 0 Å². The van der Waals surface area contributed by atoms with E-state index in [1.54, 1.807) is 36.4 Å². The number of hydrogen-bond donors (Lipinski definition) is 6. The summed E-state index contributed by atoms with van der Waals surface area (Å²) in [5, 5.41) is 11.5. The van der Waals surface area contributed by atoms with Crippen LogP contribution in [-0.2, 0) is 41.3 Å². The molecule has 4 aromatic carbocycles. The molecule has 3 saturated carbocycles. The third-order valence-corrected chi connectivity index (χ3v) is 15.7. The van der Waals surface area contributed by atoms with E-state index in [2.05, 4.69) is 73.2 Å². The van der Waals surface area contributed by atoms with Gasteiger partial charge in [-0.25, -0.2) is 0 Å². The van der Waals surface area contributed by atoms with Crippen molar-refractivity contribution < 1.29 is 42.8 Å². The van der Waals surface area contributed by atoms with Crippen LogP contribution >= 0.6 is 0 Å². The van der Waals surface area contributed by atoms with Crippen LogP contribution in [0.1, 0.15) is 100 Å². The molecule has 0 radical (unpaired) electrons. The number of aryl methyl sites for hydroxylation is 1. The number of amides is 5. The van der Waals surface area contributed by atoms with Gasteiger partial charge < -0.3 is 56.4 Å².